The van der Waals surface area contributed by atoms with Crippen molar-refractivity contribution in [3.63, 3.8) is 0 Å². The number of ether oxygens (including phenoxy) is 1. The van der Waals surface area contributed by atoms with E-state index >= 15 is 0 Å². The zero-order valence-corrected chi connectivity index (χ0v) is 10.1. The smallest absolute Gasteiger partial charge is 0.323 e. The Balaban J connectivity index is 2.02. The van der Waals surface area contributed by atoms with Crippen LogP contribution in [0.2, 0.25) is 0 Å². The second-order valence-corrected chi connectivity index (χ2v) is 4.39. The van der Waals surface area contributed by atoms with Crippen molar-refractivity contribution in [3.05, 3.63) is 29.8 Å². The third kappa shape index (κ3) is 2.77. The molecule has 0 amide bonds. The summed E-state index contributed by atoms with van der Waals surface area (Å²) in [6.07, 6.45) is 1.94. The highest BCUT2D eigenvalue weighted by molar-refractivity contribution is 5.75. The highest BCUT2D eigenvalue weighted by Gasteiger charge is 2.31. The molecule has 1 aromatic carbocycles. The lowest BCUT2D eigenvalue weighted by atomic mass is 10.1. The average molecular weight is 234 g/mol. The monoisotopic (exact) mass is 234 g/mol. The fraction of sp³-hybridized carbons (Fsp3) is 0.462. The van der Waals surface area contributed by atoms with Crippen LogP contribution in [0.4, 0.5) is 5.69 Å². The number of methoxy groups -OCH3 is 1. The van der Waals surface area contributed by atoms with Crippen LogP contribution >= 0.6 is 0 Å². The first-order chi connectivity index (χ1) is 8.20. The van der Waals surface area contributed by atoms with Crippen molar-refractivity contribution >= 4 is 11.7 Å². The maximum absolute atomic E-state index is 11.6. The predicted octanol–water partition coefficient (Wildman–Crippen LogP) is 1.41. The van der Waals surface area contributed by atoms with Crippen LogP contribution in [0.5, 0.6) is 0 Å². The minimum absolute atomic E-state index is 0.0856. The summed E-state index contributed by atoms with van der Waals surface area (Å²) in [5.41, 5.74) is 7.58. The molecule has 92 valence electrons. The van der Waals surface area contributed by atoms with Gasteiger partial charge >= 0.3 is 5.97 Å². The van der Waals surface area contributed by atoms with Crippen molar-refractivity contribution < 1.29 is 9.53 Å². The van der Waals surface area contributed by atoms with Crippen LogP contribution in [0.25, 0.3) is 0 Å². The minimum atomic E-state index is -0.127. The molecule has 0 radical (unpaired) electrons. The Morgan fingerprint density at radius 3 is 2.82 bits per heavy atom. The maximum atomic E-state index is 11.6. The summed E-state index contributed by atoms with van der Waals surface area (Å²) in [6.45, 7) is 1.73. The van der Waals surface area contributed by atoms with Crippen molar-refractivity contribution in [1.29, 1.82) is 0 Å². The molecule has 4 heteroatoms. The van der Waals surface area contributed by atoms with E-state index in [4.69, 9.17) is 10.5 Å². The van der Waals surface area contributed by atoms with Crippen molar-refractivity contribution in [2.75, 3.05) is 19.4 Å². The van der Waals surface area contributed by atoms with Gasteiger partial charge in [-0.05, 0) is 37.1 Å². The van der Waals surface area contributed by atoms with E-state index in [1.807, 2.05) is 24.3 Å². The lowest BCUT2D eigenvalue weighted by molar-refractivity contribution is -0.146. The average Bonchev–Trinajstić information content (AvgIpc) is 2.79. The van der Waals surface area contributed by atoms with E-state index in [0.29, 0.717) is 0 Å². The fourth-order valence-corrected chi connectivity index (χ4v) is 2.28. The number of esters is 1. The van der Waals surface area contributed by atoms with E-state index < -0.39 is 0 Å². The number of hydrogen-bond donors (Lipinski definition) is 1. The van der Waals surface area contributed by atoms with Gasteiger partial charge in [-0.1, -0.05) is 12.1 Å². The van der Waals surface area contributed by atoms with Gasteiger partial charge in [-0.25, -0.2) is 0 Å². The molecular weight excluding hydrogens is 216 g/mol. The van der Waals surface area contributed by atoms with E-state index in [2.05, 4.69) is 4.90 Å². The lowest BCUT2D eigenvalue weighted by Gasteiger charge is -2.22. The molecule has 1 saturated heterocycles. The summed E-state index contributed by atoms with van der Waals surface area (Å²) in [4.78, 5) is 13.7. The Bertz CT molecular complexity index is 389. The Hall–Kier alpha value is -1.55. The Morgan fingerprint density at radius 1 is 1.47 bits per heavy atom. The number of nitrogens with two attached hydrogens (primary N) is 1. The maximum Gasteiger partial charge on any atom is 0.323 e. The lowest BCUT2D eigenvalue weighted by Crippen LogP contribution is -2.36. The van der Waals surface area contributed by atoms with Crippen LogP contribution < -0.4 is 5.73 Å². The second kappa shape index (κ2) is 5.19. The molecule has 1 aliphatic rings. The van der Waals surface area contributed by atoms with Gasteiger partial charge < -0.3 is 10.5 Å². The highest BCUT2D eigenvalue weighted by atomic mass is 16.5. The summed E-state index contributed by atoms with van der Waals surface area (Å²) in [5, 5.41) is 0. The Kier molecular flexibility index (Phi) is 3.64. The highest BCUT2D eigenvalue weighted by Crippen LogP contribution is 2.21. The zero-order valence-electron chi connectivity index (χ0n) is 10.1. The van der Waals surface area contributed by atoms with Gasteiger partial charge in [0, 0.05) is 12.2 Å². The number of nitrogens with zero attached hydrogens (tertiary/aromatic N) is 1. The molecule has 1 aliphatic heterocycles. The normalized spacial score (nSPS) is 20.4. The molecule has 4 nitrogen and oxygen atoms in total. The van der Waals surface area contributed by atoms with Crippen LogP contribution in [0.15, 0.2) is 24.3 Å². The van der Waals surface area contributed by atoms with Gasteiger partial charge in [-0.15, -0.1) is 0 Å². The zero-order chi connectivity index (χ0) is 12.3. The number of likely N-dealkylation sites (tertiary alicyclic amines) is 1. The molecular formula is C13H18N2O2. The van der Waals surface area contributed by atoms with Gasteiger partial charge in [-0.3, -0.25) is 9.69 Å². The molecule has 2 rings (SSSR count). The molecule has 1 heterocycles. The van der Waals surface area contributed by atoms with Gasteiger partial charge in [0.15, 0.2) is 0 Å². The SMILES string of the molecule is COC(=O)C1CCCN1Cc1ccc(N)cc1. The predicted molar refractivity (Wildman–Crippen MR) is 66.3 cm³/mol. The molecule has 1 unspecified atom stereocenters. The summed E-state index contributed by atoms with van der Waals surface area (Å²) < 4.78 is 4.82. The van der Waals surface area contributed by atoms with E-state index in [1.54, 1.807) is 0 Å². The van der Waals surface area contributed by atoms with Gasteiger partial charge in [0.05, 0.1) is 7.11 Å². The largest absolute Gasteiger partial charge is 0.468 e. The van der Waals surface area contributed by atoms with Crippen molar-refractivity contribution in [1.82, 2.24) is 4.90 Å². The number of nitrogen functional groups attached to an aromatic ring is 1. The second-order valence-electron chi connectivity index (χ2n) is 4.39. The Morgan fingerprint density at radius 2 is 2.18 bits per heavy atom. The molecule has 1 aromatic rings. The molecule has 1 fully saturated rings. The minimum Gasteiger partial charge on any atom is -0.468 e. The Labute approximate surface area is 101 Å². The third-order valence-electron chi connectivity index (χ3n) is 3.20. The standard InChI is InChI=1S/C13H18N2O2/c1-17-13(16)12-3-2-8-15(12)9-10-4-6-11(14)7-5-10/h4-7,12H,2-3,8-9,14H2,1H3. The van der Waals surface area contributed by atoms with Crippen molar-refractivity contribution in [3.8, 4) is 0 Å². The fourth-order valence-electron chi connectivity index (χ4n) is 2.28. The number of carbonyl (C=O) groups is 1. The molecule has 0 aliphatic carbocycles. The summed E-state index contributed by atoms with van der Waals surface area (Å²) in [6, 6.07) is 7.69. The van der Waals surface area contributed by atoms with Gasteiger partial charge in [0.25, 0.3) is 0 Å². The summed E-state index contributed by atoms with van der Waals surface area (Å²) in [5.74, 6) is -0.127. The van der Waals surface area contributed by atoms with E-state index in [0.717, 1.165) is 31.6 Å². The first-order valence-electron chi connectivity index (χ1n) is 5.87. The van der Waals surface area contributed by atoms with Gasteiger partial charge in [0.2, 0.25) is 0 Å². The summed E-state index contributed by atoms with van der Waals surface area (Å²) >= 11 is 0. The number of carbonyl (C=O) groups excluding carboxylic acids is 1. The number of hydrogen-bond acceptors (Lipinski definition) is 4. The number of anilines is 1. The van der Waals surface area contributed by atoms with Crippen LogP contribution in [0.3, 0.4) is 0 Å². The van der Waals surface area contributed by atoms with E-state index in [-0.39, 0.29) is 12.0 Å². The van der Waals surface area contributed by atoms with Crippen molar-refractivity contribution in [2.24, 2.45) is 0 Å². The third-order valence-corrected chi connectivity index (χ3v) is 3.20. The van der Waals surface area contributed by atoms with E-state index in [9.17, 15) is 4.79 Å². The van der Waals surface area contributed by atoms with Crippen LogP contribution in [-0.4, -0.2) is 30.6 Å². The topological polar surface area (TPSA) is 55.6 Å². The van der Waals surface area contributed by atoms with Crippen LogP contribution in [0, 0.1) is 0 Å². The first kappa shape index (κ1) is 11.9. The van der Waals surface area contributed by atoms with Crippen LogP contribution in [0.1, 0.15) is 18.4 Å². The number of rotatable bonds is 3. The molecule has 0 spiro atoms. The molecule has 0 bridgehead atoms. The molecule has 17 heavy (non-hydrogen) atoms. The molecule has 0 saturated carbocycles. The molecule has 0 aromatic heterocycles. The molecule has 1 atom stereocenters. The summed E-state index contributed by atoms with van der Waals surface area (Å²) in [7, 11) is 1.45. The van der Waals surface area contributed by atoms with E-state index in [1.165, 1.54) is 12.7 Å². The van der Waals surface area contributed by atoms with Crippen LogP contribution in [-0.2, 0) is 16.1 Å². The van der Waals surface area contributed by atoms with Gasteiger partial charge in [-0.2, -0.15) is 0 Å². The quantitative estimate of drug-likeness (QED) is 0.634. The van der Waals surface area contributed by atoms with Gasteiger partial charge in [0.1, 0.15) is 6.04 Å². The molecule has 2 N–H and O–H groups in total. The van der Waals surface area contributed by atoms with Crippen molar-refractivity contribution in [2.45, 2.75) is 25.4 Å². The number of benzene rings is 1. The first-order valence-corrected chi connectivity index (χ1v) is 5.87.